The highest BCUT2D eigenvalue weighted by molar-refractivity contribution is 7.10. The van der Waals surface area contributed by atoms with Crippen molar-refractivity contribution in [1.29, 1.82) is 0 Å². The zero-order valence-corrected chi connectivity index (χ0v) is 13.1. The van der Waals surface area contributed by atoms with E-state index in [-0.39, 0.29) is 18.1 Å². The Morgan fingerprint density at radius 3 is 3.10 bits per heavy atom. The molecule has 1 saturated heterocycles. The van der Waals surface area contributed by atoms with Crippen molar-refractivity contribution in [2.75, 3.05) is 26.7 Å². The Balaban J connectivity index is 1.88. The van der Waals surface area contributed by atoms with Gasteiger partial charge < -0.3 is 10.0 Å². The van der Waals surface area contributed by atoms with Crippen LogP contribution in [0.3, 0.4) is 0 Å². The molecule has 112 valence electrons. The van der Waals surface area contributed by atoms with Crippen LogP contribution in [0.2, 0.25) is 0 Å². The average molecular weight is 296 g/mol. The highest BCUT2D eigenvalue weighted by atomic mass is 32.1. The lowest BCUT2D eigenvalue weighted by Crippen LogP contribution is -2.39. The van der Waals surface area contributed by atoms with Crippen molar-refractivity contribution in [3.63, 3.8) is 0 Å². The largest absolute Gasteiger partial charge is 0.393 e. The maximum atomic E-state index is 12.4. The van der Waals surface area contributed by atoms with Crippen molar-refractivity contribution < 1.29 is 9.90 Å². The lowest BCUT2D eigenvalue weighted by Gasteiger charge is -2.26. The van der Waals surface area contributed by atoms with Gasteiger partial charge in [-0.05, 0) is 44.7 Å². The van der Waals surface area contributed by atoms with E-state index in [1.165, 1.54) is 4.88 Å². The number of likely N-dealkylation sites (N-methyl/N-ethyl adjacent to an activating group) is 1. The van der Waals surface area contributed by atoms with Crippen molar-refractivity contribution in [3.8, 4) is 0 Å². The SMILES string of the molecule is CC(O)CCN(C)CC(=O)N1CCCC1c1cccs1. The third-order valence-electron chi connectivity index (χ3n) is 3.78. The second-order valence-electron chi connectivity index (χ2n) is 5.64. The number of nitrogens with zero attached hydrogens (tertiary/aromatic N) is 2. The van der Waals surface area contributed by atoms with Crippen LogP contribution in [0, 0.1) is 0 Å². The predicted molar refractivity (Wildman–Crippen MR) is 81.8 cm³/mol. The first kappa shape index (κ1) is 15.5. The van der Waals surface area contributed by atoms with Gasteiger partial charge in [0.05, 0.1) is 18.7 Å². The van der Waals surface area contributed by atoms with Gasteiger partial charge in [0.25, 0.3) is 0 Å². The molecule has 20 heavy (non-hydrogen) atoms. The molecule has 0 saturated carbocycles. The van der Waals surface area contributed by atoms with Gasteiger partial charge in [-0.1, -0.05) is 6.07 Å². The summed E-state index contributed by atoms with van der Waals surface area (Å²) < 4.78 is 0. The molecule has 0 aliphatic carbocycles. The van der Waals surface area contributed by atoms with E-state index in [1.54, 1.807) is 18.3 Å². The van der Waals surface area contributed by atoms with Crippen molar-refractivity contribution in [2.24, 2.45) is 0 Å². The fourth-order valence-electron chi connectivity index (χ4n) is 2.65. The number of thiophene rings is 1. The summed E-state index contributed by atoms with van der Waals surface area (Å²) in [6.07, 6.45) is 2.56. The summed E-state index contributed by atoms with van der Waals surface area (Å²) in [5, 5.41) is 11.4. The summed E-state index contributed by atoms with van der Waals surface area (Å²) in [6.45, 7) is 3.84. The van der Waals surface area contributed by atoms with Gasteiger partial charge in [-0.3, -0.25) is 9.69 Å². The van der Waals surface area contributed by atoms with Crippen molar-refractivity contribution in [1.82, 2.24) is 9.80 Å². The number of likely N-dealkylation sites (tertiary alicyclic amines) is 1. The molecule has 0 spiro atoms. The molecule has 2 unspecified atom stereocenters. The molecule has 1 aromatic heterocycles. The highest BCUT2D eigenvalue weighted by Crippen LogP contribution is 2.34. The van der Waals surface area contributed by atoms with Crippen LogP contribution in [0.25, 0.3) is 0 Å². The fraction of sp³-hybridized carbons (Fsp3) is 0.667. The third-order valence-corrected chi connectivity index (χ3v) is 4.75. The molecule has 1 amide bonds. The second kappa shape index (κ2) is 7.20. The van der Waals surface area contributed by atoms with Crippen LogP contribution in [0.5, 0.6) is 0 Å². The zero-order chi connectivity index (χ0) is 14.5. The van der Waals surface area contributed by atoms with Gasteiger partial charge >= 0.3 is 0 Å². The highest BCUT2D eigenvalue weighted by Gasteiger charge is 2.30. The van der Waals surface area contributed by atoms with Crippen LogP contribution in [0.15, 0.2) is 17.5 Å². The first-order chi connectivity index (χ1) is 9.58. The van der Waals surface area contributed by atoms with Crippen LogP contribution < -0.4 is 0 Å². The number of carbonyl (C=O) groups excluding carboxylic acids is 1. The molecular weight excluding hydrogens is 272 g/mol. The summed E-state index contributed by atoms with van der Waals surface area (Å²) in [4.78, 5) is 17.7. The Morgan fingerprint density at radius 1 is 1.65 bits per heavy atom. The molecule has 0 aromatic carbocycles. The molecule has 4 nitrogen and oxygen atoms in total. The van der Waals surface area contributed by atoms with E-state index in [4.69, 9.17) is 0 Å². The maximum absolute atomic E-state index is 12.4. The lowest BCUT2D eigenvalue weighted by molar-refractivity contribution is -0.133. The Morgan fingerprint density at radius 2 is 2.45 bits per heavy atom. The number of aliphatic hydroxyl groups is 1. The molecular formula is C15H24N2O2S. The van der Waals surface area contributed by atoms with Crippen LogP contribution in [-0.4, -0.2) is 53.6 Å². The minimum atomic E-state index is -0.307. The molecule has 2 heterocycles. The minimum absolute atomic E-state index is 0.203. The van der Waals surface area contributed by atoms with E-state index in [1.807, 2.05) is 16.8 Å². The van der Waals surface area contributed by atoms with Crippen LogP contribution in [0.4, 0.5) is 0 Å². The summed E-state index contributed by atoms with van der Waals surface area (Å²) in [5.41, 5.74) is 0. The second-order valence-corrected chi connectivity index (χ2v) is 6.62. The van der Waals surface area contributed by atoms with Gasteiger partial charge in [0.1, 0.15) is 0 Å². The molecule has 2 rings (SSSR count). The first-order valence-corrected chi connectivity index (χ1v) is 8.15. The van der Waals surface area contributed by atoms with Gasteiger partial charge in [-0.2, -0.15) is 0 Å². The van der Waals surface area contributed by atoms with Gasteiger partial charge in [0.2, 0.25) is 5.91 Å². The summed E-state index contributed by atoms with van der Waals surface area (Å²) in [6, 6.07) is 4.45. The van der Waals surface area contributed by atoms with E-state index in [9.17, 15) is 9.90 Å². The van der Waals surface area contributed by atoms with E-state index in [2.05, 4.69) is 17.5 Å². The monoisotopic (exact) mass is 296 g/mol. The molecule has 0 bridgehead atoms. The van der Waals surface area contributed by atoms with E-state index >= 15 is 0 Å². The molecule has 1 aliphatic heterocycles. The van der Waals surface area contributed by atoms with Gasteiger partial charge in [0.15, 0.2) is 0 Å². The maximum Gasteiger partial charge on any atom is 0.237 e. The first-order valence-electron chi connectivity index (χ1n) is 7.27. The Labute approximate surface area is 125 Å². The lowest BCUT2D eigenvalue weighted by atomic mass is 10.2. The molecule has 2 atom stereocenters. The molecule has 1 N–H and O–H groups in total. The quantitative estimate of drug-likeness (QED) is 0.874. The van der Waals surface area contributed by atoms with E-state index < -0.39 is 0 Å². The summed E-state index contributed by atoms with van der Waals surface area (Å²) in [7, 11) is 1.94. The minimum Gasteiger partial charge on any atom is -0.393 e. The van der Waals surface area contributed by atoms with Crippen molar-refractivity contribution in [2.45, 2.75) is 38.3 Å². The Bertz CT molecular complexity index is 420. The number of hydrogen-bond acceptors (Lipinski definition) is 4. The number of rotatable bonds is 6. The molecule has 1 aliphatic rings. The van der Waals surface area contributed by atoms with Crippen molar-refractivity contribution in [3.05, 3.63) is 22.4 Å². The molecule has 1 aromatic rings. The number of carbonyl (C=O) groups is 1. The topological polar surface area (TPSA) is 43.8 Å². The number of aliphatic hydroxyl groups excluding tert-OH is 1. The smallest absolute Gasteiger partial charge is 0.237 e. The Hall–Kier alpha value is -0.910. The molecule has 0 radical (unpaired) electrons. The van der Waals surface area contributed by atoms with E-state index in [0.29, 0.717) is 13.0 Å². The standard InChI is InChI=1S/C15H24N2O2S/c1-12(18)7-9-16(2)11-15(19)17-8-3-5-13(17)14-6-4-10-20-14/h4,6,10,12-13,18H,3,5,7-9,11H2,1-2H3. The van der Waals surface area contributed by atoms with Crippen LogP contribution >= 0.6 is 11.3 Å². The average Bonchev–Trinajstić information content (AvgIpc) is 3.05. The fourth-order valence-corrected chi connectivity index (χ4v) is 3.52. The number of amides is 1. The summed E-state index contributed by atoms with van der Waals surface area (Å²) in [5.74, 6) is 0.203. The zero-order valence-electron chi connectivity index (χ0n) is 12.3. The van der Waals surface area contributed by atoms with Gasteiger partial charge in [0, 0.05) is 18.0 Å². The third kappa shape index (κ3) is 4.04. The van der Waals surface area contributed by atoms with Crippen LogP contribution in [-0.2, 0) is 4.79 Å². The molecule has 5 heteroatoms. The predicted octanol–water partition coefficient (Wildman–Crippen LogP) is 2.11. The molecule has 1 fully saturated rings. The summed E-state index contributed by atoms with van der Waals surface area (Å²) >= 11 is 1.73. The van der Waals surface area contributed by atoms with E-state index in [0.717, 1.165) is 25.9 Å². The Kier molecular flexibility index (Phi) is 5.57. The number of hydrogen-bond donors (Lipinski definition) is 1. The van der Waals surface area contributed by atoms with Gasteiger partial charge in [-0.25, -0.2) is 0 Å². The van der Waals surface area contributed by atoms with Gasteiger partial charge in [-0.15, -0.1) is 11.3 Å². The van der Waals surface area contributed by atoms with Crippen LogP contribution in [0.1, 0.15) is 37.1 Å². The van der Waals surface area contributed by atoms with Crippen molar-refractivity contribution >= 4 is 17.2 Å². The normalized spacial score (nSPS) is 20.6.